The van der Waals surface area contributed by atoms with Crippen LogP contribution in [0.5, 0.6) is 0 Å². The van der Waals surface area contributed by atoms with Crippen molar-refractivity contribution in [2.24, 2.45) is 0 Å². The zero-order valence-electron chi connectivity index (χ0n) is 7.98. The van der Waals surface area contributed by atoms with E-state index in [9.17, 15) is 0 Å². The van der Waals surface area contributed by atoms with E-state index in [0.717, 1.165) is 19.5 Å². The van der Waals surface area contributed by atoms with Gasteiger partial charge in [0, 0.05) is 0 Å². The van der Waals surface area contributed by atoms with E-state index in [1.54, 1.807) is 0 Å². The van der Waals surface area contributed by atoms with E-state index in [4.69, 9.17) is 0 Å². The van der Waals surface area contributed by atoms with Gasteiger partial charge in [0.25, 0.3) is 0 Å². The number of allylic oxidation sites excluding steroid dienone is 4. The highest BCUT2D eigenvalue weighted by Gasteiger charge is 2.05. The van der Waals surface area contributed by atoms with Crippen LogP contribution in [0.15, 0.2) is 42.5 Å². The second-order valence-electron chi connectivity index (χ2n) is 3.37. The number of aryl methyl sites for hydroxylation is 1. The molecule has 1 aromatic heterocycles. The summed E-state index contributed by atoms with van der Waals surface area (Å²) in [6.07, 6.45) is 14.0. The molecule has 0 radical (unpaired) electrons. The fourth-order valence-corrected chi connectivity index (χ4v) is 1.56. The van der Waals surface area contributed by atoms with Crippen molar-refractivity contribution in [3.8, 4) is 0 Å². The molecule has 2 nitrogen and oxygen atoms in total. The second-order valence-corrected chi connectivity index (χ2v) is 3.37. The van der Waals surface area contributed by atoms with Crippen LogP contribution in [0.1, 0.15) is 13.3 Å². The first kappa shape index (κ1) is 8.30. The van der Waals surface area contributed by atoms with Crippen LogP contribution in [0.25, 0.3) is 0 Å². The molecule has 0 amide bonds. The Balaban J connectivity index is 2.01. The molecule has 0 fully saturated rings. The SMILES string of the molecule is CCn1cc[n+](CC2=CC=CC2)c1. The second kappa shape index (κ2) is 3.60. The Kier molecular flexibility index (Phi) is 2.30. The molecule has 1 aliphatic rings. The molecule has 13 heavy (non-hydrogen) atoms. The molecule has 1 aliphatic carbocycles. The molecule has 0 saturated carbocycles. The van der Waals surface area contributed by atoms with Gasteiger partial charge in [-0.25, -0.2) is 9.13 Å². The summed E-state index contributed by atoms with van der Waals surface area (Å²) in [4.78, 5) is 0. The quantitative estimate of drug-likeness (QED) is 0.618. The molecule has 1 heterocycles. The molecule has 0 bridgehead atoms. The van der Waals surface area contributed by atoms with Gasteiger partial charge >= 0.3 is 0 Å². The third-order valence-electron chi connectivity index (χ3n) is 2.35. The van der Waals surface area contributed by atoms with Crippen molar-refractivity contribution in [1.29, 1.82) is 0 Å². The Morgan fingerprint density at radius 3 is 3.08 bits per heavy atom. The lowest BCUT2D eigenvalue weighted by Gasteiger charge is -1.96. The molecule has 0 saturated heterocycles. The summed E-state index contributed by atoms with van der Waals surface area (Å²) < 4.78 is 4.41. The van der Waals surface area contributed by atoms with Crippen molar-refractivity contribution in [2.45, 2.75) is 26.4 Å². The van der Waals surface area contributed by atoms with E-state index >= 15 is 0 Å². The van der Waals surface area contributed by atoms with Gasteiger partial charge in [-0.3, -0.25) is 0 Å². The summed E-state index contributed by atoms with van der Waals surface area (Å²) in [6.45, 7) is 4.23. The highest BCUT2D eigenvalue weighted by Crippen LogP contribution is 2.09. The number of nitrogens with zero attached hydrogens (tertiary/aromatic N) is 2. The highest BCUT2D eigenvalue weighted by atomic mass is 15.1. The normalized spacial score (nSPS) is 15.0. The molecule has 2 rings (SSSR count). The number of hydrogen-bond donors (Lipinski definition) is 0. The highest BCUT2D eigenvalue weighted by molar-refractivity contribution is 5.21. The molecular formula is C11H15N2+. The largest absolute Gasteiger partial charge is 0.244 e. The standard InChI is InChI=1S/C11H15N2/c1-2-12-7-8-13(10-12)9-11-5-3-4-6-11/h3-5,7-8,10H,2,6,9H2,1H3/q+1. The van der Waals surface area contributed by atoms with Gasteiger partial charge in [0.05, 0.1) is 6.54 Å². The Labute approximate surface area is 78.8 Å². The summed E-state index contributed by atoms with van der Waals surface area (Å²) in [5, 5.41) is 0. The minimum absolute atomic E-state index is 1.03. The molecule has 1 aromatic rings. The third-order valence-corrected chi connectivity index (χ3v) is 2.35. The number of hydrogen-bond acceptors (Lipinski definition) is 0. The Morgan fingerprint density at radius 2 is 2.46 bits per heavy atom. The lowest BCUT2D eigenvalue weighted by Crippen LogP contribution is -2.31. The predicted octanol–water partition coefficient (Wildman–Crippen LogP) is 1.68. The average Bonchev–Trinajstić information content (AvgIpc) is 2.76. The first-order chi connectivity index (χ1) is 6.38. The first-order valence-electron chi connectivity index (χ1n) is 4.78. The van der Waals surface area contributed by atoms with E-state index in [-0.39, 0.29) is 0 Å². The van der Waals surface area contributed by atoms with Gasteiger partial charge in [0.15, 0.2) is 0 Å². The lowest BCUT2D eigenvalue weighted by molar-refractivity contribution is -0.688. The van der Waals surface area contributed by atoms with Gasteiger partial charge in [-0.2, -0.15) is 0 Å². The monoisotopic (exact) mass is 175 g/mol. The van der Waals surface area contributed by atoms with Crippen LogP contribution in [0.3, 0.4) is 0 Å². The van der Waals surface area contributed by atoms with Crippen molar-refractivity contribution in [3.05, 3.63) is 42.5 Å². The van der Waals surface area contributed by atoms with E-state index in [1.165, 1.54) is 5.57 Å². The fourth-order valence-electron chi connectivity index (χ4n) is 1.56. The summed E-state index contributed by atoms with van der Waals surface area (Å²) in [5.41, 5.74) is 1.49. The molecule has 0 aromatic carbocycles. The molecule has 0 atom stereocenters. The molecular weight excluding hydrogens is 160 g/mol. The van der Waals surface area contributed by atoms with Crippen molar-refractivity contribution >= 4 is 0 Å². The van der Waals surface area contributed by atoms with Crippen LogP contribution >= 0.6 is 0 Å². The molecule has 0 unspecified atom stereocenters. The van der Waals surface area contributed by atoms with Gasteiger partial charge in [0.2, 0.25) is 6.33 Å². The molecule has 0 spiro atoms. The van der Waals surface area contributed by atoms with E-state index < -0.39 is 0 Å². The van der Waals surface area contributed by atoms with Gasteiger partial charge in [-0.1, -0.05) is 18.2 Å². The zero-order chi connectivity index (χ0) is 9.10. The van der Waals surface area contributed by atoms with Gasteiger partial charge in [-0.05, 0) is 18.9 Å². The van der Waals surface area contributed by atoms with Gasteiger partial charge in [0.1, 0.15) is 18.9 Å². The van der Waals surface area contributed by atoms with Gasteiger partial charge < -0.3 is 0 Å². The first-order valence-corrected chi connectivity index (χ1v) is 4.78. The number of aromatic nitrogens is 2. The van der Waals surface area contributed by atoms with E-state index in [2.05, 4.69) is 53.0 Å². The summed E-state index contributed by atoms with van der Waals surface area (Å²) in [7, 11) is 0. The van der Waals surface area contributed by atoms with Crippen molar-refractivity contribution < 1.29 is 4.57 Å². The molecule has 0 aliphatic heterocycles. The smallest absolute Gasteiger partial charge is 0.237 e. The Bertz CT molecular complexity index is 345. The topological polar surface area (TPSA) is 8.81 Å². The van der Waals surface area contributed by atoms with E-state index in [0.29, 0.717) is 0 Å². The minimum atomic E-state index is 1.03. The third kappa shape index (κ3) is 1.89. The number of rotatable bonds is 3. The predicted molar refractivity (Wildman–Crippen MR) is 52.1 cm³/mol. The summed E-state index contributed by atoms with van der Waals surface area (Å²) in [5.74, 6) is 0. The van der Waals surface area contributed by atoms with Crippen LogP contribution in [0, 0.1) is 0 Å². The molecule has 2 heteroatoms. The van der Waals surface area contributed by atoms with Crippen LogP contribution < -0.4 is 4.57 Å². The van der Waals surface area contributed by atoms with Crippen molar-refractivity contribution in [2.75, 3.05) is 0 Å². The Morgan fingerprint density at radius 1 is 1.54 bits per heavy atom. The molecule has 68 valence electrons. The lowest BCUT2D eigenvalue weighted by atomic mass is 10.2. The molecule has 0 N–H and O–H groups in total. The maximum atomic E-state index is 2.22. The summed E-state index contributed by atoms with van der Waals surface area (Å²) >= 11 is 0. The fraction of sp³-hybridized carbons (Fsp3) is 0.364. The van der Waals surface area contributed by atoms with Crippen molar-refractivity contribution in [3.63, 3.8) is 0 Å². The van der Waals surface area contributed by atoms with Crippen LogP contribution in [0.2, 0.25) is 0 Å². The van der Waals surface area contributed by atoms with Crippen LogP contribution in [0.4, 0.5) is 0 Å². The van der Waals surface area contributed by atoms with Crippen molar-refractivity contribution in [1.82, 2.24) is 4.57 Å². The van der Waals surface area contributed by atoms with Crippen LogP contribution in [-0.2, 0) is 13.1 Å². The van der Waals surface area contributed by atoms with Crippen LogP contribution in [-0.4, -0.2) is 4.57 Å². The minimum Gasteiger partial charge on any atom is -0.237 e. The average molecular weight is 175 g/mol. The maximum absolute atomic E-state index is 2.22. The number of imidazole rings is 1. The Hall–Kier alpha value is -1.31. The maximum Gasteiger partial charge on any atom is 0.244 e. The summed E-state index contributed by atoms with van der Waals surface area (Å²) in [6, 6.07) is 0. The van der Waals surface area contributed by atoms with E-state index in [1.807, 2.05) is 0 Å². The zero-order valence-corrected chi connectivity index (χ0v) is 7.98. The van der Waals surface area contributed by atoms with Gasteiger partial charge in [-0.15, -0.1) is 0 Å².